The SMILES string of the molecule is COc1cc2c(cc1OC)C(c1cccs1)N(CC(=O)Nc1ccc3c(c1)OCO3)CC2. The predicted octanol–water partition coefficient (Wildman–Crippen LogP) is 4.08. The second-order valence-corrected chi connectivity index (χ2v) is 8.64. The van der Waals surface area contributed by atoms with E-state index >= 15 is 0 Å². The lowest BCUT2D eigenvalue weighted by atomic mass is 9.91. The number of hydrogen-bond acceptors (Lipinski definition) is 7. The fraction of sp³-hybridized carbons (Fsp3) is 0.292. The molecule has 3 aromatic rings. The highest BCUT2D eigenvalue weighted by molar-refractivity contribution is 7.10. The Morgan fingerprint density at radius 1 is 1.12 bits per heavy atom. The summed E-state index contributed by atoms with van der Waals surface area (Å²) in [4.78, 5) is 16.4. The highest BCUT2D eigenvalue weighted by Gasteiger charge is 2.32. The summed E-state index contributed by atoms with van der Waals surface area (Å²) in [7, 11) is 3.29. The molecule has 2 aliphatic rings. The van der Waals surface area contributed by atoms with Crippen LogP contribution in [0.2, 0.25) is 0 Å². The Morgan fingerprint density at radius 3 is 2.72 bits per heavy atom. The number of ether oxygens (including phenoxy) is 4. The molecule has 1 amide bonds. The van der Waals surface area contributed by atoms with Crippen molar-refractivity contribution in [2.24, 2.45) is 0 Å². The summed E-state index contributed by atoms with van der Waals surface area (Å²) in [5, 5.41) is 5.06. The maximum Gasteiger partial charge on any atom is 0.238 e. The van der Waals surface area contributed by atoms with E-state index in [0.29, 0.717) is 22.9 Å². The van der Waals surface area contributed by atoms with Crippen LogP contribution in [0.1, 0.15) is 22.0 Å². The lowest BCUT2D eigenvalue weighted by molar-refractivity contribution is -0.117. The molecule has 7 nitrogen and oxygen atoms in total. The molecule has 0 saturated heterocycles. The first-order valence-electron chi connectivity index (χ1n) is 10.4. The highest BCUT2D eigenvalue weighted by atomic mass is 32.1. The highest BCUT2D eigenvalue weighted by Crippen LogP contribution is 2.42. The van der Waals surface area contributed by atoms with Gasteiger partial charge >= 0.3 is 0 Å². The normalized spacial score (nSPS) is 17.0. The molecule has 0 fully saturated rings. The zero-order chi connectivity index (χ0) is 22.1. The summed E-state index contributed by atoms with van der Waals surface area (Å²) < 4.78 is 21.8. The van der Waals surface area contributed by atoms with E-state index in [4.69, 9.17) is 18.9 Å². The molecule has 0 spiro atoms. The van der Waals surface area contributed by atoms with Crippen LogP contribution in [0.3, 0.4) is 0 Å². The van der Waals surface area contributed by atoms with Gasteiger partial charge in [-0.05, 0) is 53.3 Å². The topological polar surface area (TPSA) is 69.3 Å². The first-order valence-corrected chi connectivity index (χ1v) is 11.3. The number of anilines is 1. The third kappa shape index (κ3) is 3.87. The quantitative estimate of drug-likeness (QED) is 0.608. The summed E-state index contributed by atoms with van der Waals surface area (Å²) in [6.45, 7) is 1.24. The lowest BCUT2D eigenvalue weighted by Gasteiger charge is -2.37. The molecule has 5 rings (SSSR count). The third-order valence-electron chi connectivity index (χ3n) is 5.79. The number of benzene rings is 2. The van der Waals surface area contributed by atoms with Gasteiger partial charge in [0.25, 0.3) is 0 Å². The van der Waals surface area contributed by atoms with Gasteiger partial charge < -0.3 is 24.3 Å². The van der Waals surface area contributed by atoms with Gasteiger partial charge in [0.1, 0.15) is 0 Å². The molecular weight excluding hydrogens is 428 g/mol. The van der Waals surface area contributed by atoms with E-state index in [2.05, 4.69) is 27.7 Å². The van der Waals surface area contributed by atoms with Gasteiger partial charge in [-0.25, -0.2) is 0 Å². The van der Waals surface area contributed by atoms with Gasteiger partial charge in [-0.3, -0.25) is 9.69 Å². The number of nitrogens with zero attached hydrogens (tertiary/aromatic N) is 1. The van der Waals surface area contributed by atoms with E-state index < -0.39 is 0 Å². The molecule has 1 N–H and O–H groups in total. The van der Waals surface area contributed by atoms with Crippen molar-refractivity contribution < 1.29 is 23.7 Å². The molecule has 2 aliphatic heterocycles. The monoisotopic (exact) mass is 452 g/mol. The molecule has 2 aromatic carbocycles. The van der Waals surface area contributed by atoms with Crippen LogP contribution >= 0.6 is 11.3 Å². The zero-order valence-corrected chi connectivity index (χ0v) is 18.7. The molecule has 1 unspecified atom stereocenters. The Morgan fingerprint density at radius 2 is 1.94 bits per heavy atom. The number of nitrogens with one attached hydrogen (secondary N) is 1. The number of carbonyl (C=O) groups excluding carboxylic acids is 1. The van der Waals surface area contributed by atoms with E-state index in [-0.39, 0.29) is 25.3 Å². The maximum atomic E-state index is 13.0. The van der Waals surface area contributed by atoms with Crippen LogP contribution in [0.5, 0.6) is 23.0 Å². The van der Waals surface area contributed by atoms with Crippen LogP contribution in [0.4, 0.5) is 5.69 Å². The minimum Gasteiger partial charge on any atom is -0.493 e. The predicted molar refractivity (Wildman–Crippen MR) is 122 cm³/mol. The van der Waals surface area contributed by atoms with Crippen molar-refractivity contribution in [1.82, 2.24) is 4.90 Å². The van der Waals surface area contributed by atoms with Crippen LogP contribution in [0, 0.1) is 0 Å². The van der Waals surface area contributed by atoms with Crippen molar-refractivity contribution in [2.75, 3.05) is 39.4 Å². The number of methoxy groups -OCH3 is 2. The smallest absolute Gasteiger partial charge is 0.238 e. The Balaban J connectivity index is 1.40. The van der Waals surface area contributed by atoms with E-state index in [1.54, 1.807) is 31.6 Å². The molecule has 3 heterocycles. The fourth-order valence-corrected chi connectivity index (χ4v) is 5.18. The molecule has 1 atom stereocenters. The van der Waals surface area contributed by atoms with Crippen molar-refractivity contribution in [3.05, 3.63) is 63.8 Å². The van der Waals surface area contributed by atoms with Gasteiger partial charge in [0.05, 0.1) is 26.8 Å². The molecule has 32 heavy (non-hydrogen) atoms. The molecule has 8 heteroatoms. The zero-order valence-electron chi connectivity index (χ0n) is 17.9. The lowest BCUT2D eigenvalue weighted by Crippen LogP contribution is -2.40. The minimum absolute atomic E-state index is 0.0268. The van der Waals surface area contributed by atoms with Gasteiger partial charge in [-0.2, -0.15) is 0 Å². The molecule has 0 saturated carbocycles. The van der Waals surface area contributed by atoms with E-state index in [1.807, 2.05) is 24.3 Å². The Kier molecular flexibility index (Phi) is 5.63. The minimum atomic E-state index is -0.0747. The van der Waals surface area contributed by atoms with Gasteiger partial charge in [0.2, 0.25) is 12.7 Å². The Bertz CT molecular complexity index is 1130. The summed E-state index contributed by atoms with van der Waals surface area (Å²) >= 11 is 1.69. The summed E-state index contributed by atoms with van der Waals surface area (Å²) in [5.41, 5.74) is 3.05. The average Bonchev–Trinajstić information content (AvgIpc) is 3.49. The van der Waals surface area contributed by atoms with Crippen molar-refractivity contribution in [1.29, 1.82) is 0 Å². The molecule has 166 valence electrons. The molecule has 0 bridgehead atoms. The number of amides is 1. The van der Waals surface area contributed by atoms with E-state index in [0.717, 1.165) is 24.3 Å². The van der Waals surface area contributed by atoms with Crippen molar-refractivity contribution >= 4 is 22.9 Å². The van der Waals surface area contributed by atoms with Crippen LogP contribution in [-0.4, -0.2) is 44.9 Å². The number of hydrogen-bond donors (Lipinski definition) is 1. The average molecular weight is 453 g/mol. The summed E-state index contributed by atoms with van der Waals surface area (Å²) in [6, 6.07) is 13.7. The second kappa shape index (κ2) is 8.72. The maximum absolute atomic E-state index is 13.0. The number of fused-ring (bicyclic) bond motifs is 2. The third-order valence-corrected chi connectivity index (χ3v) is 6.71. The first kappa shape index (κ1) is 20.7. The van der Waals surface area contributed by atoms with Crippen LogP contribution in [0.15, 0.2) is 47.8 Å². The van der Waals surface area contributed by atoms with Crippen molar-refractivity contribution in [2.45, 2.75) is 12.5 Å². The number of carbonyl (C=O) groups is 1. The largest absolute Gasteiger partial charge is 0.493 e. The fourth-order valence-electron chi connectivity index (χ4n) is 4.31. The molecule has 0 radical (unpaired) electrons. The molecule has 1 aromatic heterocycles. The molecular formula is C24H24N2O5S. The van der Waals surface area contributed by atoms with Crippen LogP contribution < -0.4 is 24.3 Å². The Labute approximate surface area is 190 Å². The number of rotatable bonds is 6. The van der Waals surface area contributed by atoms with Gasteiger partial charge in [0.15, 0.2) is 23.0 Å². The van der Waals surface area contributed by atoms with Gasteiger partial charge in [0, 0.05) is 23.2 Å². The second-order valence-electron chi connectivity index (χ2n) is 7.66. The number of thiophene rings is 1. The van der Waals surface area contributed by atoms with Crippen LogP contribution in [0.25, 0.3) is 0 Å². The first-order chi connectivity index (χ1) is 15.7. The standard InChI is InChI=1S/C24H24N2O5S/c1-28-19-10-15-7-8-26(24(22-4-3-9-32-22)17(15)12-20(19)29-2)13-23(27)25-16-5-6-18-21(11-16)31-14-30-18/h3-6,9-12,24H,7-8,13-14H2,1-2H3,(H,25,27). The van der Waals surface area contributed by atoms with Gasteiger partial charge in [-0.1, -0.05) is 6.07 Å². The summed E-state index contributed by atoms with van der Waals surface area (Å²) in [6.07, 6.45) is 0.828. The van der Waals surface area contributed by atoms with Gasteiger partial charge in [-0.15, -0.1) is 11.3 Å². The molecule has 0 aliphatic carbocycles. The van der Waals surface area contributed by atoms with Crippen molar-refractivity contribution in [3.8, 4) is 23.0 Å². The van der Waals surface area contributed by atoms with Crippen molar-refractivity contribution in [3.63, 3.8) is 0 Å². The van der Waals surface area contributed by atoms with Crippen LogP contribution in [-0.2, 0) is 11.2 Å². The van der Waals surface area contributed by atoms with E-state index in [9.17, 15) is 4.79 Å². The van der Waals surface area contributed by atoms with E-state index in [1.165, 1.54) is 10.4 Å². The Hall–Kier alpha value is -3.23. The summed E-state index contributed by atoms with van der Waals surface area (Å²) in [5.74, 6) is 2.68.